The minimum absolute atomic E-state index is 0.227. The fraction of sp³-hybridized carbons (Fsp3) is 0.462. The molecule has 0 amide bonds. The number of nitrogens with one attached hydrogen (secondary N) is 1. The zero-order chi connectivity index (χ0) is 11.0. The first-order valence-corrected chi connectivity index (χ1v) is 5.83. The summed E-state index contributed by atoms with van der Waals surface area (Å²) < 4.78 is 5.55. The first-order valence-electron chi connectivity index (χ1n) is 5.83. The fourth-order valence-electron chi connectivity index (χ4n) is 2.30. The van der Waals surface area contributed by atoms with Crippen molar-refractivity contribution < 1.29 is 9.53 Å². The molecule has 0 radical (unpaired) electrons. The number of rotatable bonds is 3. The summed E-state index contributed by atoms with van der Waals surface area (Å²) in [6.07, 6.45) is 1.58. The Bertz CT molecular complexity index is 424. The Morgan fingerprint density at radius 1 is 1.44 bits per heavy atom. The molecule has 0 saturated carbocycles. The normalized spacial score (nSPS) is 18.8. The first-order chi connectivity index (χ1) is 7.84. The van der Waals surface area contributed by atoms with E-state index in [-0.39, 0.29) is 5.78 Å². The Kier molecular flexibility index (Phi) is 2.40. The summed E-state index contributed by atoms with van der Waals surface area (Å²) in [6, 6.07) is 5.89. The molecule has 0 aromatic heterocycles. The summed E-state index contributed by atoms with van der Waals surface area (Å²) >= 11 is 0. The van der Waals surface area contributed by atoms with Gasteiger partial charge in [0.15, 0.2) is 5.78 Å². The Hall–Kier alpha value is -1.35. The highest BCUT2D eigenvalue weighted by atomic mass is 16.5. The topological polar surface area (TPSA) is 38.3 Å². The number of carbonyl (C=O) groups is 1. The van der Waals surface area contributed by atoms with Gasteiger partial charge in [-0.3, -0.25) is 4.79 Å². The minimum atomic E-state index is 0.227. The molecule has 84 valence electrons. The van der Waals surface area contributed by atoms with E-state index in [1.165, 1.54) is 5.56 Å². The van der Waals surface area contributed by atoms with Crippen LogP contribution in [0.5, 0.6) is 5.75 Å². The molecule has 1 aromatic rings. The molecule has 2 aliphatic rings. The number of ketones is 1. The van der Waals surface area contributed by atoms with Crippen molar-refractivity contribution in [1.29, 1.82) is 0 Å². The number of fused-ring (bicyclic) bond motifs is 1. The van der Waals surface area contributed by atoms with Crippen molar-refractivity contribution in [2.24, 2.45) is 5.92 Å². The molecule has 1 N–H and O–H groups in total. The van der Waals surface area contributed by atoms with Crippen molar-refractivity contribution in [2.75, 3.05) is 19.7 Å². The van der Waals surface area contributed by atoms with Crippen LogP contribution in [-0.2, 0) is 6.42 Å². The average molecular weight is 217 g/mol. The number of Topliss-reactive ketones (excluding diaryl/α,β-unsaturated/α-hetero) is 1. The second kappa shape index (κ2) is 3.91. The molecule has 3 rings (SSSR count). The average Bonchev–Trinajstić information content (AvgIpc) is 2.70. The van der Waals surface area contributed by atoms with Gasteiger partial charge in [0.1, 0.15) is 5.75 Å². The lowest BCUT2D eigenvalue weighted by Gasteiger charge is -2.26. The van der Waals surface area contributed by atoms with Gasteiger partial charge in [0, 0.05) is 12.8 Å². The number of hydrogen-bond acceptors (Lipinski definition) is 3. The second-order valence-electron chi connectivity index (χ2n) is 4.54. The van der Waals surface area contributed by atoms with Crippen LogP contribution in [0, 0.1) is 5.92 Å². The summed E-state index contributed by atoms with van der Waals surface area (Å²) in [5, 5.41) is 3.19. The van der Waals surface area contributed by atoms with Crippen molar-refractivity contribution in [3.63, 3.8) is 0 Å². The SMILES string of the molecule is O=C(CC1CNC1)c1cccc2c1OCC2. The van der Waals surface area contributed by atoms with E-state index in [9.17, 15) is 4.79 Å². The predicted octanol–water partition coefficient (Wildman–Crippen LogP) is 1.41. The summed E-state index contributed by atoms with van der Waals surface area (Å²) in [6.45, 7) is 2.66. The van der Waals surface area contributed by atoms with Gasteiger partial charge < -0.3 is 10.1 Å². The second-order valence-corrected chi connectivity index (χ2v) is 4.54. The van der Waals surface area contributed by atoms with Crippen LogP contribution >= 0.6 is 0 Å². The van der Waals surface area contributed by atoms with Gasteiger partial charge in [0.05, 0.1) is 12.2 Å². The zero-order valence-electron chi connectivity index (χ0n) is 9.16. The third kappa shape index (κ3) is 1.61. The van der Waals surface area contributed by atoms with Gasteiger partial charge in [0.25, 0.3) is 0 Å². The standard InChI is InChI=1S/C13H15NO2/c15-12(6-9-7-14-8-9)11-3-1-2-10-4-5-16-13(10)11/h1-3,9,14H,4-8H2. The van der Waals surface area contributed by atoms with Crippen molar-refractivity contribution >= 4 is 5.78 Å². The van der Waals surface area contributed by atoms with Crippen LogP contribution in [0.15, 0.2) is 18.2 Å². The van der Waals surface area contributed by atoms with Gasteiger partial charge in [-0.1, -0.05) is 12.1 Å². The van der Waals surface area contributed by atoms with E-state index >= 15 is 0 Å². The summed E-state index contributed by atoms with van der Waals surface area (Å²) in [5.74, 6) is 1.58. The molecule has 16 heavy (non-hydrogen) atoms. The summed E-state index contributed by atoms with van der Waals surface area (Å²) in [5.41, 5.74) is 1.96. The van der Waals surface area contributed by atoms with Gasteiger partial charge in [0.2, 0.25) is 0 Å². The highest BCUT2D eigenvalue weighted by Crippen LogP contribution is 2.31. The predicted molar refractivity (Wildman–Crippen MR) is 60.9 cm³/mol. The van der Waals surface area contributed by atoms with Gasteiger partial charge in [-0.15, -0.1) is 0 Å². The monoisotopic (exact) mass is 217 g/mol. The molecule has 0 unspecified atom stereocenters. The summed E-state index contributed by atoms with van der Waals surface area (Å²) in [7, 11) is 0. The van der Waals surface area contributed by atoms with E-state index in [0.29, 0.717) is 18.9 Å². The number of carbonyl (C=O) groups excluding carboxylic acids is 1. The molecule has 2 heterocycles. The Morgan fingerprint density at radius 2 is 2.31 bits per heavy atom. The van der Waals surface area contributed by atoms with Crippen LogP contribution in [0.1, 0.15) is 22.3 Å². The zero-order valence-corrected chi connectivity index (χ0v) is 9.16. The largest absolute Gasteiger partial charge is 0.492 e. The van der Waals surface area contributed by atoms with Gasteiger partial charge in [-0.05, 0) is 30.6 Å². The smallest absolute Gasteiger partial charge is 0.166 e. The molecule has 0 spiro atoms. The molecular formula is C13H15NO2. The van der Waals surface area contributed by atoms with Crippen molar-refractivity contribution in [3.8, 4) is 5.75 Å². The first kappa shape index (κ1) is 9.85. The third-order valence-corrected chi connectivity index (χ3v) is 3.35. The maximum absolute atomic E-state index is 12.1. The van der Waals surface area contributed by atoms with Crippen molar-refractivity contribution in [1.82, 2.24) is 5.32 Å². The van der Waals surface area contributed by atoms with E-state index in [1.54, 1.807) is 0 Å². The molecule has 1 saturated heterocycles. The molecule has 3 nitrogen and oxygen atoms in total. The summed E-state index contributed by atoms with van der Waals surface area (Å²) in [4.78, 5) is 12.1. The molecule has 3 heteroatoms. The van der Waals surface area contributed by atoms with Crippen LogP contribution in [0.25, 0.3) is 0 Å². The maximum Gasteiger partial charge on any atom is 0.166 e. The fourth-order valence-corrected chi connectivity index (χ4v) is 2.30. The molecule has 1 aromatic carbocycles. The maximum atomic E-state index is 12.1. The van der Waals surface area contributed by atoms with Crippen molar-refractivity contribution in [3.05, 3.63) is 29.3 Å². The molecule has 0 bridgehead atoms. The van der Waals surface area contributed by atoms with Gasteiger partial charge in [-0.25, -0.2) is 0 Å². The molecule has 0 aliphatic carbocycles. The van der Waals surface area contributed by atoms with E-state index < -0.39 is 0 Å². The van der Waals surface area contributed by atoms with Crippen LogP contribution in [0.4, 0.5) is 0 Å². The number of hydrogen-bond donors (Lipinski definition) is 1. The Balaban J connectivity index is 1.82. The molecule has 0 atom stereocenters. The number of benzene rings is 1. The van der Waals surface area contributed by atoms with Crippen LogP contribution in [-0.4, -0.2) is 25.5 Å². The molecular weight excluding hydrogens is 202 g/mol. The Labute approximate surface area is 94.8 Å². The minimum Gasteiger partial charge on any atom is -0.492 e. The van der Waals surface area contributed by atoms with E-state index in [1.807, 2.05) is 18.2 Å². The number of ether oxygens (including phenoxy) is 1. The number of para-hydroxylation sites is 1. The van der Waals surface area contributed by atoms with Gasteiger partial charge >= 0.3 is 0 Å². The molecule has 1 fully saturated rings. The van der Waals surface area contributed by atoms with Crippen molar-refractivity contribution in [2.45, 2.75) is 12.8 Å². The Morgan fingerprint density at radius 3 is 3.06 bits per heavy atom. The highest BCUT2D eigenvalue weighted by molar-refractivity contribution is 5.99. The van der Waals surface area contributed by atoms with E-state index in [4.69, 9.17) is 4.74 Å². The lowest BCUT2D eigenvalue weighted by atomic mass is 9.93. The lowest BCUT2D eigenvalue weighted by Crippen LogP contribution is -2.42. The highest BCUT2D eigenvalue weighted by Gasteiger charge is 2.25. The van der Waals surface area contributed by atoms with Crippen LogP contribution in [0.3, 0.4) is 0 Å². The van der Waals surface area contributed by atoms with Crippen LogP contribution < -0.4 is 10.1 Å². The van der Waals surface area contributed by atoms with E-state index in [0.717, 1.165) is 30.8 Å². The molecule has 2 aliphatic heterocycles. The van der Waals surface area contributed by atoms with E-state index in [2.05, 4.69) is 5.32 Å². The lowest BCUT2D eigenvalue weighted by molar-refractivity contribution is 0.0942. The quantitative estimate of drug-likeness (QED) is 0.778. The third-order valence-electron chi connectivity index (χ3n) is 3.35. The van der Waals surface area contributed by atoms with Gasteiger partial charge in [-0.2, -0.15) is 0 Å². The van der Waals surface area contributed by atoms with Crippen LogP contribution in [0.2, 0.25) is 0 Å².